The summed E-state index contributed by atoms with van der Waals surface area (Å²) in [7, 11) is 0. The topological polar surface area (TPSA) is 54.7 Å². The number of fused-ring (bicyclic) bond motifs is 1. The van der Waals surface area contributed by atoms with Gasteiger partial charge in [-0.1, -0.05) is 19.9 Å². The summed E-state index contributed by atoms with van der Waals surface area (Å²) < 4.78 is 2.18. The fraction of sp³-hybridized carbons (Fsp3) is 0.353. The second-order valence-electron chi connectivity index (χ2n) is 6.40. The van der Waals surface area contributed by atoms with Crippen molar-refractivity contribution in [2.24, 2.45) is 11.1 Å². The number of rotatable bonds is 1. The Morgan fingerprint density at radius 3 is 2.90 bits per heavy atom. The van der Waals surface area contributed by atoms with Crippen LogP contribution in [0.5, 0.6) is 0 Å². The van der Waals surface area contributed by atoms with Crippen LogP contribution in [-0.4, -0.2) is 4.57 Å². The highest BCUT2D eigenvalue weighted by atomic mass is 15.0. The van der Waals surface area contributed by atoms with Gasteiger partial charge in [0.2, 0.25) is 0 Å². The number of hydrogen-bond acceptors (Lipinski definition) is 2. The minimum atomic E-state index is 0.106. The van der Waals surface area contributed by atoms with Crippen LogP contribution in [0.4, 0.5) is 0 Å². The van der Waals surface area contributed by atoms with Crippen LogP contribution < -0.4 is 5.73 Å². The predicted octanol–water partition coefficient (Wildman–Crippen LogP) is 3.32. The van der Waals surface area contributed by atoms with Gasteiger partial charge in [-0.3, -0.25) is 0 Å². The molecule has 2 aromatic rings. The molecule has 3 nitrogen and oxygen atoms in total. The molecule has 102 valence electrons. The lowest BCUT2D eigenvalue weighted by atomic mass is 9.74. The number of nitrogens with two attached hydrogens (primary N) is 1. The zero-order valence-electron chi connectivity index (χ0n) is 11.9. The van der Waals surface area contributed by atoms with Gasteiger partial charge in [-0.15, -0.1) is 0 Å². The molecule has 1 aliphatic rings. The van der Waals surface area contributed by atoms with Crippen LogP contribution in [0.3, 0.4) is 0 Å². The van der Waals surface area contributed by atoms with Gasteiger partial charge in [0.05, 0.1) is 11.6 Å². The molecule has 1 aromatic carbocycles. The van der Waals surface area contributed by atoms with Crippen LogP contribution in [0.2, 0.25) is 0 Å². The van der Waals surface area contributed by atoms with Crippen LogP contribution >= 0.6 is 0 Å². The lowest BCUT2D eigenvalue weighted by molar-refractivity contribution is 0.278. The summed E-state index contributed by atoms with van der Waals surface area (Å²) in [6.07, 6.45) is 4.10. The van der Waals surface area contributed by atoms with Crippen LogP contribution in [0, 0.1) is 16.7 Å². The first kappa shape index (κ1) is 13.0. The van der Waals surface area contributed by atoms with Crippen molar-refractivity contribution in [1.82, 2.24) is 4.57 Å². The molecule has 20 heavy (non-hydrogen) atoms. The van der Waals surface area contributed by atoms with Crippen LogP contribution in [0.25, 0.3) is 5.69 Å². The quantitative estimate of drug-likeness (QED) is 0.860. The largest absolute Gasteiger partial charge is 0.324 e. The molecule has 0 amide bonds. The molecule has 0 radical (unpaired) electrons. The number of nitrogens with zero attached hydrogens (tertiary/aromatic N) is 2. The molecule has 0 saturated heterocycles. The van der Waals surface area contributed by atoms with Crippen molar-refractivity contribution in [3.8, 4) is 11.8 Å². The molecule has 0 aliphatic heterocycles. The van der Waals surface area contributed by atoms with Gasteiger partial charge in [0.25, 0.3) is 0 Å². The maximum atomic E-state index is 9.04. The lowest BCUT2D eigenvalue weighted by Gasteiger charge is -2.34. The lowest BCUT2D eigenvalue weighted by Crippen LogP contribution is -2.30. The van der Waals surface area contributed by atoms with Gasteiger partial charge in [0.15, 0.2) is 0 Å². The van der Waals surface area contributed by atoms with Crippen LogP contribution in [-0.2, 0) is 6.42 Å². The molecule has 1 unspecified atom stereocenters. The molecule has 1 aliphatic carbocycles. The average Bonchev–Trinajstić information content (AvgIpc) is 2.81. The van der Waals surface area contributed by atoms with E-state index in [4.69, 9.17) is 11.0 Å². The molecular weight excluding hydrogens is 246 g/mol. The van der Waals surface area contributed by atoms with E-state index < -0.39 is 0 Å². The van der Waals surface area contributed by atoms with E-state index in [2.05, 4.69) is 36.7 Å². The van der Waals surface area contributed by atoms with E-state index >= 15 is 0 Å². The first-order valence-corrected chi connectivity index (χ1v) is 6.96. The third-order valence-electron chi connectivity index (χ3n) is 4.10. The minimum absolute atomic E-state index is 0.106. The van der Waals surface area contributed by atoms with Gasteiger partial charge in [-0.05, 0) is 48.1 Å². The summed E-state index contributed by atoms with van der Waals surface area (Å²) in [4.78, 5) is 0. The molecule has 0 saturated carbocycles. The highest BCUT2D eigenvalue weighted by Crippen LogP contribution is 2.40. The van der Waals surface area contributed by atoms with Gasteiger partial charge < -0.3 is 10.3 Å². The second kappa shape index (κ2) is 4.50. The van der Waals surface area contributed by atoms with Crippen molar-refractivity contribution in [2.75, 3.05) is 0 Å². The van der Waals surface area contributed by atoms with E-state index in [1.54, 1.807) is 0 Å². The van der Waals surface area contributed by atoms with Gasteiger partial charge in [0, 0.05) is 23.6 Å². The number of benzene rings is 1. The van der Waals surface area contributed by atoms with E-state index in [9.17, 15) is 0 Å². The van der Waals surface area contributed by atoms with E-state index in [0.29, 0.717) is 5.56 Å². The Balaban J connectivity index is 2.11. The third kappa shape index (κ3) is 2.13. The van der Waals surface area contributed by atoms with Crippen LogP contribution in [0.1, 0.15) is 43.1 Å². The molecule has 0 bridgehead atoms. The second-order valence-corrected chi connectivity index (χ2v) is 6.40. The highest BCUT2D eigenvalue weighted by Gasteiger charge is 2.32. The summed E-state index contributed by atoms with van der Waals surface area (Å²) in [5, 5.41) is 9.04. The molecule has 1 aromatic heterocycles. The molecule has 3 rings (SSSR count). The SMILES string of the molecule is CC1(C)Cc2c(ccn2-c2cccc(C#N)c2)C(N)C1. The summed E-state index contributed by atoms with van der Waals surface area (Å²) in [5.41, 5.74) is 10.8. The maximum absolute atomic E-state index is 9.04. The van der Waals surface area contributed by atoms with Crippen molar-refractivity contribution in [2.45, 2.75) is 32.7 Å². The normalized spacial score (nSPS) is 20.2. The van der Waals surface area contributed by atoms with Crippen molar-refractivity contribution < 1.29 is 0 Å². The van der Waals surface area contributed by atoms with Crippen molar-refractivity contribution >= 4 is 0 Å². The summed E-state index contributed by atoms with van der Waals surface area (Å²) >= 11 is 0. The molecular formula is C17H19N3. The van der Waals surface area contributed by atoms with E-state index in [1.165, 1.54) is 11.3 Å². The third-order valence-corrected chi connectivity index (χ3v) is 4.10. The summed E-state index contributed by atoms with van der Waals surface area (Å²) in [6.45, 7) is 4.53. The first-order chi connectivity index (χ1) is 9.50. The summed E-state index contributed by atoms with van der Waals surface area (Å²) in [5.74, 6) is 0. The average molecular weight is 265 g/mol. The Kier molecular flexibility index (Phi) is 2.92. The fourth-order valence-electron chi connectivity index (χ4n) is 3.20. The Morgan fingerprint density at radius 2 is 2.15 bits per heavy atom. The van der Waals surface area contributed by atoms with Crippen molar-refractivity contribution in [3.05, 3.63) is 53.3 Å². The standard InChI is InChI=1S/C17H19N3/c1-17(2)9-15(19)14-6-7-20(16(14)10-17)13-5-3-4-12(8-13)11-18/h3-8,15H,9-10,19H2,1-2H3. The minimum Gasteiger partial charge on any atom is -0.324 e. The Hall–Kier alpha value is -2.05. The number of aromatic nitrogens is 1. The maximum Gasteiger partial charge on any atom is 0.0992 e. The highest BCUT2D eigenvalue weighted by molar-refractivity contribution is 5.45. The van der Waals surface area contributed by atoms with Crippen LogP contribution in [0.15, 0.2) is 36.5 Å². The van der Waals surface area contributed by atoms with Gasteiger partial charge >= 0.3 is 0 Å². The molecule has 2 N–H and O–H groups in total. The molecule has 1 heterocycles. The Labute approximate surface area is 119 Å². The molecule has 3 heteroatoms. The monoisotopic (exact) mass is 265 g/mol. The molecule has 0 fully saturated rings. The zero-order valence-corrected chi connectivity index (χ0v) is 11.9. The van der Waals surface area contributed by atoms with E-state index in [1.807, 2.05) is 24.3 Å². The molecule has 1 atom stereocenters. The van der Waals surface area contributed by atoms with Crippen molar-refractivity contribution in [3.63, 3.8) is 0 Å². The smallest absolute Gasteiger partial charge is 0.0992 e. The number of nitriles is 1. The zero-order chi connectivity index (χ0) is 14.3. The van der Waals surface area contributed by atoms with Crippen molar-refractivity contribution in [1.29, 1.82) is 5.26 Å². The predicted molar refractivity (Wildman–Crippen MR) is 79.5 cm³/mol. The van der Waals surface area contributed by atoms with Gasteiger partial charge in [-0.2, -0.15) is 5.26 Å². The Morgan fingerprint density at radius 1 is 1.35 bits per heavy atom. The van der Waals surface area contributed by atoms with Gasteiger partial charge in [-0.25, -0.2) is 0 Å². The summed E-state index contributed by atoms with van der Waals surface area (Å²) in [6, 6.07) is 12.1. The van der Waals surface area contributed by atoms with Gasteiger partial charge in [0.1, 0.15) is 0 Å². The Bertz CT molecular complexity index is 689. The van der Waals surface area contributed by atoms with E-state index in [-0.39, 0.29) is 11.5 Å². The number of hydrogen-bond donors (Lipinski definition) is 1. The van der Waals surface area contributed by atoms with E-state index in [0.717, 1.165) is 18.5 Å². The fourth-order valence-corrected chi connectivity index (χ4v) is 3.20. The first-order valence-electron chi connectivity index (χ1n) is 6.96. The molecule has 0 spiro atoms.